The van der Waals surface area contributed by atoms with Gasteiger partial charge in [0, 0.05) is 30.0 Å². The van der Waals surface area contributed by atoms with Gasteiger partial charge in [-0.25, -0.2) is 4.79 Å². The second-order valence-electron chi connectivity index (χ2n) is 6.37. The molecule has 4 rings (SSSR count). The van der Waals surface area contributed by atoms with Gasteiger partial charge in [0.2, 0.25) is 0 Å². The highest BCUT2D eigenvalue weighted by Gasteiger charge is 2.56. The third kappa shape index (κ3) is 1.73. The molecule has 2 atom stereocenters. The zero-order valence-electron chi connectivity index (χ0n) is 12.1. The predicted molar refractivity (Wildman–Crippen MR) is 84.5 cm³/mol. The van der Waals surface area contributed by atoms with Crippen LogP contribution in [0.1, 0.15) is 29.6 Å². The van der Waals surface area contributed by atoms with Crippen LogP contribution in [0.4, 0.5) is 0 Å². The number of ketones is 1. The van der Waals surface area contributed by atoms with Crippen molar-refractivity contribution in [3.8, 4) is 0 Å². The molecule has 21 heavy (non-hydrogen) atoms. The number of carbonyl (C=O) groups excluding carboxylic acids is 1. The highest BCUT2D eigenvalue weighted by atomic mass is 79.9. The summed E-state index contributed by atoms with van der Waals surface area (Å²) in [6.07, 6.45) is 3.67. The fourth-order valence-electron chi connectivity index (χ4n) is 4.10. The summed E-state index contributed by atoms with van der Waals surface area (Å²) in [7, 11) is 3.50. The average molecular weight is 349 g/mol. The Morgan fingerprint density at radius 2 is 1.71 bits per heavy atom. The summed E-state index contributed by atoms with van der Waals surface area (Å²) in [6.45, 7) is 0. The second-order valence-corrected chi connectivity index (χ2v) is 7.22. The minimum absolute atomic E-state index is 0.0650. The van der Waals surface area contributed by atoms with E-state index < -0.39 is 0 Å². The molecule has 1 aromatic carbocycles. The van der Waals surface area contributed by atoms with E-state index >= 15 is 0 Å². The van der Waals surface area contributed by atoms with Gasteiger partial charge < -0.3 is 0 Å². The molecule has 0 saturated heterocycles. The standard InChI is InChI=1S/C16H17BrN2O2/c1-18-12-6-10(11(17)7-13(12)19(2)16(18)21)15(20)14-8-4-3-5-9(8)14/h6-9,14H,3-5H2,1-2H3. The number of imidazole rings is 1. The van der Waals surface area contributed by atoms with Crippen LogP contribution in [-0.4, -0.2) is 14.9 Å². The van der Waals surface area contributed by atoms with E-state index in [2.05, 4.69) is 15.9 Å². The van der Waals surface area contributed by atoms with Gasteiger partial charge in [-0.3, -0.25) is 13.9 Å². The maximum atomic E-state index is 12.8. The lowest BCUT2D eigenvalue weighted by Gasteiger charge is -2.07. The average Bonchev–Trinajstić information content (AvgIpc) is 2.87. The molecule has 2 aliphatic carbocycles. The monoisotopic (exact) mass is 348 g/mol. The maximum absolute atomic E-state index is 12.8. The summed E-state index contributed by atoms with van der Waals surface area (Å²) < 4.78 is 4.01. The van der Waals surface area contributed by atoms with Crippen LogP contribution in [-0.2, 0) is 14.1 Å². The number of fused-ring (bicyclic) bond motifs is 2. The van der Waals surface area contributed by atoms with Gasteiger partial charge in [-0.05, 0) is 52.7 Å². The summed E-state index contributed by atoms with van der Waals surface area (Å²) in [5.74, 6) is 1.68. The lowest BCUT2D eigenvalue weighted by molar-refractivity contribution is 0.0951. The zero-order chi connectivity index (χ0) is 14.9. The summed E-state index contributed by atoms with van der Waals surface area (Å²) in [6, 6.07) is 3.76. The van der Waals surface area contributed by atoms with Crippen molar-refractivity contribution in [2.45, 2.75) is 19.3 Å². The van der Waals surface area contributed by atoms with E-state index in [0.717, 1.165) is 21.1 Å². The highest BCUT2D eigenvalue weighted by molar-refractivity contribution is 9.10. The van der Waals surface area contributed by atoms with Crippen molar-refractivity contribution in [2.75, 3.05) is 0 Å². The molecule has 0 bridgehead atoms. The van der Waals surface area contributed by atoms with Crippen LogP contribution in [0.3, 0.4) is 0 Å². The van der Waals surface area contributed by atoms with Crippen molar-refractivity contribution >= 4 is 32.7 Å². The fourth-order valence-corrected chi connectivity index (χ4v) is 4.63. The van der Waals surface area contributed by atoms with E-state index in [-0.39, 0.29) is 17.4 Å². The van der Waals surface area contributed by atoms with Gasteiger partial charge in [-0.15, -0.1) is 0 Å². The number of hydrogen-bond donors (Lipinski definition) is 0. The van der Waals surface area contributed by atoms with Crippen LogP contribution in [0.25, 0.3) is 11.0 Å². The van der Waals surface area contributed by atoms with Gasteiger partial charge in [0.25, 0.3) is 0 Å². The number of nitrogens with zero attached hydrogens (tertiary/aromatic N) is 2. The third-order valence-electron chi connectivity index (χ3n) is 5.34. The lowest BCUT2D eigenvalue weighted by atomic mass is 10.0. The van der Waals surface area contributed by atoms with E-state index in [1.54, 1.807) is 23.2 Å². The van der Waals surface area contributed by atoms with Crippen LogP contribution in [0, 0.1) is 17.8 Å². The number of benzene rings is 1. The van der Waals surface area contributed by atoms with Crippen molar-refractivity contribution in [3.63, 3.8) is 0 Å². The SMILES string of the molecule is Cn1c(=O)n(C)c2cc(C(=O)C3C4CCCC43)c(Br)cc21. The van der Waals surface area contributed by atoms with Crippen molar-refractivity contribution in [2.24, 2.45) is 31.8 Å². The number of carbonyl (C=O) groups is 1. The largest absolute Gasteiger partial charge is 0.328 e. The normalized spacial score (nSPS) is 27.1. The molecule has 4 nitrogen and oxygen atoms in total. The number of aryl methyl sites for hydroxylation is 2. The topological polar surface area (TPSA) is 44.0 Å². The van der Waals surface area contributed by atoms with Crippen molar-refractivity contribution in [1.29, 1.82) is 0 Å². The molecule has 5 heteroatoms. The van der Waals surface area contributed by atoms with Gasteiger partial charge in [0.15, 0.2) is 5.78 Å². The second kappa shape index (κ2) is 4.32. The molecular formula is C16H17BrN2O2. The Morgan fingerprint density at radius 3 is 2.33 bits per heavy atom. The Bertz CT molecular complexity index is 823. The number of hydrogen-bond acceptors (Lipinski definition) is 2. The Labute approximate surface area is 130 Å². The molecule has 0 amide bonds. The molecule has 2 aromatic rings. The Morgan fingerprint density at radius 1 is 1.14 bits per heavy atom. The number of aromatic nitrogens is 2. The molecule has 0 N–H and O–H groups in total. The van der Waals surface area contributed by atoms with Gasteiger partial charge in [-0.1, -0.05) is 6.42 Å². The van der Waals surface area contributed by atoms with Crippen molar-refractivity contribution in [3.05, 3.63) is 32.7 Å². The van der Waals surface area contributed by atoms with Crippen LogP contribution in [0.5, 0.6) is 0 Å². The van der Waals surface area contributed by atoms with Crippen molar-refractivity contribution < 1.29 is 4.79 Å². The summed E-state index contributed by atoms with van der Waals surface area (Å²) in [5, 5.41) is 0. The Balaban J connectivity index is 1.82. The number of Topliss-reactive ketones (excluding diaryl/α,β-unsaturated/α-hetero) is 1. The van der Waals surface area contributed by atoms with E-state index in [1.807, 2.05) is 12.1 Å². The first-order chi connectivity index (χ1) is 10.0. The first kappa shape index (κ1) is 13.3. The van der Waals surface area contributed by atoms with E-state index in [9.17, 15) is 9.59 Å². The van der Waals surface area contributed by atoms with Crippen LogP contribution < -0.4 is 5.69 Å². The summed E-state index contributed by atoms with van der Waals surface area (Å²) in [5.41, 5.74) is 2.33. The third-order valence-corrected chi connectivity index (χ3v) is 5.99. The molecule has 1 heterocycles. The first-order valence-corrected chi connectivity index (χ1v) is 8.19. The molecular weight excluding hydrogens is 332 g/mol. The van der Waals surface area contributed by atoms with Gasteiger partial charge in [-0.2, -0.15) is 0 Å². The molecule has 0 aliphatic heterocycles. The molecule has 0 spiro atoms. The summed E-state index contributed by atoms with van der Waals surface area (Å²) in [4.78, 5) is 24.8. The van der Waals surface area contributed by atoms with E-state index in [4.69, 9.17) is 0 Å². The maximum Gasteiger partial charge on any atom is 0.328 e. The molecule has 2 unspecified atom stereocenters. The van der Waals surface area contributed by atoms with Gasteiger partial charge in [0.05, 0.1) is 11.0 Å². The van der Waals surface area contributed by atoms with E-state index in [0.29, 0.717) is 11.8 Å². The molecule has 1 aromatic heterocycles. The minimum Gasteiger partial charge on any atom is -0.295 e. The van der Waals surface area contributed by atoms with Gasteiger partial charge >= 0.3 is 5.69 Å². The van der Waals surface area contributed by atoms with Crippen LogP contribution in [0.15, 0.2) is 21.4 Å². The minimum atomic E-state index is -0.0650. The molecule has 2 fully saturated rings. The number of rotatable bonds is 2. The molecule has 0 radical (unpaired) electrons. The molecule has 2 saturated carbocycles. The zero-order valence-corrected chi connectivity index (χ0v) is 13.7. The van der Waals surface area contributed by atoms with Crippen LogP contribution in [0.2, 0.25) is 0 Å². The summed E-state index contributed by atoms with van der Waals surface area (Å²) >= 11 is 3.52. The van der Waals surface area contributed by atoms with Crippen LogP contribution >= 0.6 is 15.9 Å². The lowest BCUT2D eigenvalue weighted by Crippen LogP contribution is -2.19. The van der Waals surface area contributed by atoms with E-state index in [1.165, 1.54) is 19.3 Å². The smallest absolute Gasteiger partial charge is 0.295 e. The Hall–Kier alpha value is -1.36. The molecule has 2 aliphatic rings. The first-order valence-electron chi connectivity index (χ1n) is 7.40. The quantitative estimate of drug-likeness (QED) is 0.783. The van der Waals surface area contributed by atoms with Crippen molar-refractivity contribution in [1.82, 2.24) is 9.13 Å². The molecule has 110 valence electrons. The number of halogens is 1. The fraction of sp³-hybridized carbons (Fsp3) is 0.500. The predicted octanol–water partition coefficient (Wildman–Crippen LogP) is 2.87. The van der Waals surface area contributed by atoms with Gasteiger partial charge in [0.1, 0.15) is 0 Å². The Kier molecular flexibility index (Phi) is 2.74. The highest BCUT2D eigenvalue weighted by Crippen LogP contribution is 2.58.